The molecule has 2 aromatic carbocycles. The molecule has 0 spiro atoms. The summed E-state index contributed by atoms with van der Waals surface area (Å²) in [5.41, 5.74) is 2.23. The number of alkyl halides is 3. The first-order valence-corrected chi connectivity index (χ1v) is 22.0. The number of benzene rings is 2. The van der Waals surface area contributed by atoms with E-state index < -0.39 is 34.3 Å². The lowest BCUT2D eigenvalue weighted by Gasteiger charge is -2.34. The highest BCUT2D eigenvalue weighted by atomic mass is 32.2. The first-order valence-electron chi connectivity index (χ1n) is 20.6. The van der Waals surface area contributed by atoms with Crippen molar-refractivity contribution >= 4 is 55.7 Å². The Kier molecular flexibility index (Phi) is 11.8. The number of nitriles is 1. The average molecular weight is 874 g/mol. The van der Waals surface area contributed by atoms with Crippen LogP contribution in [0.5, 0.6) is 0 Å². The van der Waals surface area contributed by atoms with E-state index in [0.29, 0.717) is 46.7 Å². The Bertz CT molecular complexity index is 2750. The molecule has 8 rings (SSSR count). The van der Waals surface area contributed by atoms with Gasteiger partial charge < -0.3 is 10.2 Å². The van der Waals surface area contributed by atoms with Crippen LogP contribution in [-0.2, 0) is 34.8 Å². The molecule has 3 fully saturated rings. The van der Waals surface area contributed by atoms with Crippen molar-refractivity contribution in [2.24, 2.45) is 13.0 Å². The summed E-state index contributed by atoms with van der Waals surface area (Å²) in [5, 5.41) is 21.1. The number of urea groups is 1. The van der Waals surface area contributed by atoms with Crippen molar-refractivity contribution in [1.29, 1.82) is 5.26 Å². The molecule has 1 atom stereocenters. The maximum Gasteiger partial charge on any atom is 0.406 e. The number of hydrogen-bond donors (Lipinski definition) is 2. The monoisotopic (exact) mass is 873 g/mol. The van der Waals surface area contributed by atoms with Crippen molar-refractivity contribution in [3.8, 4) is 6.07 Å². The predicted molar refractivity (Wildman–Crippen MR) is 224 cm³/mol. The summed E-state index contributed by atoms with van der Waals surface area (Å²) in [7, 11) is -2.06. The van der Waals surface area contributed by atoms with Crippen LogP contribution < -0.4 is 21.1 Å². The second-order valence-electron chi connectivity index (χ2n) is 16.5. The van der Waals surface area contributed by atoms with E-state index in [2.05, 4.69) is 55.7 Å². The molecule has 3 amide bonds. The fourth-order valence-electron chi connectivity index (χ4n) is 8.86. The van der Waals surface area contributed by atoms with Crippen LogP contribution in [-0.4, -0.2) is 105 Å². The van der Waals surface area contributed by atoms with Crippen LogP contribution in [0.1, 0.15) is 61.6 Å². The number of aryl methyl sites for hydroxylation is 1. The number of anilines is 2. The number of imide groups is 1. The van der Waals surface area contributed by atoms with Crippen molar-refractivity contribution < 1.29 is 31.2 Å². The van der Waals surface area contributed by atoms with Gasteiger partial charge in [0.25, 0.3) is 5.56 Å². The zero-order chi connectivity index (χ0) is 43.9. The van der Waals surface area contributed by atoms with E-state index in [1.165, 1.54) is 33.1 Å². The molecule has 5 aromatic rings. The number of hydrogen-bond acceptors (Lipinski definition) is 11. The highest BCUT2D eigenvalue weighted by Gasteiger charge is 2.33. The van der Waals surface area contributed by atoms with Crippen LogP contribution in [0.2, 0.25) is 0 Å². The number of halogens is 3. The molecular weight excluding hydrogens is 828 g/mol. The Balaban J connectivity index is 0.860. The number of carbonyl (C=O) groups is 2. The zero-order valence-corrected chi connectivity index (χ0v) is 35.0. The Morgan fingerprint density at radius 1 is 0.984 bits per heavy atom. The minimum absolute atomic E-state index is 0.0419. The van der Waals surface area contributed by atoms with Gasteiger partial charge in [-0.1, -0.05) is 13.0 Å². The van der Waals surface area contributed by atoms with Crippen molar-refractivity contribution in [1.82, 2.24) is 38.8 Å². The molecule has 0 aliphatic carbocycles. The number of aromatic nitrogens is 5. The molecule has 0 bridgehead atoms. The lowest BCUT2D eigenvalue weighted by molar-refractivity contribution is -0.140. The van der Waals surface area contributed by atoms with E-state index in [1.54, 1.807) is 16.8 Å². The number of sulfonamides is 1. The first kappa shape index (κ1) is 42.8. The van der Waals surface area contributed by atoms with E-state index >= 15 is 0 Å². The summed E-state index contributed by atoms with van der Waals surface area (Å²) in [6, 6.07) is 14.8. The third-order valence-corrected chi connectivity index (χ3v) is 13.9. The number of pyridine rings is 1. The summed E-state index contributed by atoms with van der Waals surface area (Å²) in [6.07, 6.45) is 0.104. The van der Waals surface area contributed by atoms with Crippen LogP contribution in [0.15, 0.2) is 64.4 Å². The van der Waals surface area contributed by atoms with Crippen molar-refractivity contribution in [2.75, 3.05) is 49.5 Å². The number of rotatable bonds is 11. The van der Waals surface area contributed by atoms with Gasteiger partial charge in [0, 0.05) is 68.7 Å². The maximum atomic E-state index is 13.9. The molecule has 3 aliphatic heterocycles. The smallest absolute Gasteiger partial charge is 0.351 e. The third kappa shape index (κ3) is 9.01. The summed E-state index contributed by atoms with van der Waals surface area (Å²) >= 11 is 0. The Hall–Kier alpha value is -5.91. The van der Waals surface area contributed by atoms with Gasteiger partial charge in [0.2, 0.25) is 21.9 Å². The predicted octanol–water partition coefficient (Wildman–Crippen LogP) is 4.88. The van der Waals surface area contributed by atoms with Crippen molar-refractivity contribution in [3.63, 3.8) is 0 Å². The average Bonchev–Trinajstić information content (AvgIpc) is 3.56. The fourth-order valence-corrected chi connectivity index (χ4v) is 10.4. The molecule has 3 saturated heterocycles. The quantitative estimate of drug-likeness (QED) is 0.184. The fraction of sp³-hybridized carbons (Fsp3) is 0.452. The molecule has 16 nitrogen and oxygen atoms in total. The molecule has 1 unspecified atom stereocenters. The lowest BCUT2D eigenvalue weighted by Crippen LogP contribution is -2.49. The first-order chi connectivity index (χ1) is 29.6. The number of carbonyl (C=O) groups excluding carboxylic acids is 2. The Morgan fingerprint density at radius 2 is 1.74 bits per heavy atom. The van der Waals surface area contributed by atoms with Gasteiger partial charge in [0.15, 0.2) is 5.82 Å². The normalized spacial score (nSPS) is 18.3. The largest absolute Gasteiger partial charge is 0.406 e. The summed E-state index contributed by atoms with van der Waals surface area (Å²) in [5.74, 6) is 0.750. The molecular formula is C42H46F3N11O5S. The molecule has 326 valence electrons. The standard InChI is InChI=1S/C42H46F3N11O5S/c1-26(24-53-14-9-27(10-15-53)28-4-7-34-35(21-28)52(2)51-39(34)55-18-13-36(57)49-41(55)59)19-31-20-33(6-3-29(31)22-46)62(60,61)54-16-11-32(12-17-54)48-40-47-23-30-5-8-37(58)56(38(30)50-40)25-42(43,44)45/h3-8,20-21,23,26-27,32H,9-19,24-25H2,1-2H3,(H,47,48,50)(H,49,57,59). The van der Waals surface area contributed by atoms with Gasteiger partial charge in [-0.05, 0) is 105 Å². The van der Waals surface area contributed by atoms with E-state index in [-0.39, 0.29) is 65.8 Å². The van der Waals surface area contributed by atoms with Crippen LogP contribution in [0.4, 0.5) is 29.7 Å². The molecule has 0 saturated carbocycles. The number of amides is 3. The number of fused-ring (bicyclic) bond motifs is 2. The topological polar surface area (TPSA) is 191 Å². The second kappa shape index (κ2) is 17.1. The van der Waals surface area contributed by atoms with Crippen LogP contribution in [0.3, 0.4) is 0 Å². The van der Waals surface area contributed by atoms with Crippen molar-refractivity contribution in [3.05, 3.63) is 81.8 Å². The van der Waals surface area contributed by atoms with Gasteiger partial charge in [-0.15, -0.1) is 0 Å². The van der Waals surface area contributed by atoms with Gasteiger partial charge in [-0.25, -0.2) is 18.2 Å². The minimum Gasteiger partial charge on any atom is -0.351 e. The van der Waals surface area contributed by atoms with E-state index in [0.717, 1.165) is 49.4 Å². The SMILES string of the molecule is CC(Cc1cc(S(=O)(=O)N2CCC(Nc3ncc4ccc(=O)n(CC(F)(F)F)c4n3)CC2)ccc1C#N)CN1CCC(c2ccc3c(N4CCC(=O)NC4=O)nn(C)c3c2)CC1. The van der Waals surface area contributed by atoms with Crippen LogP contribution in [0, 0.1) is 17.2 Å². The lowest BCUT2D eigenvalue weighted by atomic mass is 9.88. The molecule has 62 heavy (non-hydrogen) atoms. The van der Waals surface area contributed by atoms with Gasteiger partial charge in [0.05, 0.1) is 22.0 Å². The van der Waals surface area contributed by atoms with Gasteiger partial charge in [-0.3, -0.25) is 29.1 Å². The molecule has 3 aromatic heterocycles. The number of nitrogens with zero attached hydrogens (tertiary/aromatic N) is 9. The molecule has 0 radical (unpaired) electrons. The van der Waals surface area contributed by atoms with Crippen molar-refractivity contribution in [2.45, 2.75) is 75.0 Å². The highest BCUT2D eigenvalue weighted by Crippen LogP contribution is 2.34. The summed E-state index contributed by atoms with van der Waals surface area (Å²) in [4.78, 5) is 48.9. The highest BCUT2D eigenvalue weighted by molar-refractivity contribution is 7.89. The molecule has 2 N–H and O–H groups in total. The number of likely N-dealkylation sites (tertiary alicyclic amines) is 1. The Morgan fingerprint density at radius 3 is 2.45 bits per heavy atom. The third-order valence-electron chi connectivity index (χ3n) is 12.0. The minimum atomic E-state index is -4.63. The second-order valence-corrected chi connectivity index (χ2v) is 18.4. The zero-order valence-electron chi connectivity index (χ0n) is 34.2. The van der Waals surface area contributed by atoms with E-state index in [4.69, 9.17) is 0 Å². The van der Waals surface area contributed by atoms with Gasteiger partial charge >= 0.3 is 12.2 Å². The molecule has 20 heteroatoms. The summed E-state index contributed by atoms with van der Waals surface area (Å²) in [6.45, 7) is 3.77. The van der Waals surface area contributed by atoms with Crippen LogP contribution >= 0.6 is 0 Å². The summed E-state index contributed by atoms with van der Waals surface area (Å²) < 4.78 is 71.2. The van der Waals surface area contributed by atoms with Gasteiger partial charge in [-0.2, -0.15) is 32.8 Å². The molecule has 3 aliphatic rings. The number of nitrogens with one attached hydrogen (secondary N) is 2. The maximum absolute atomic E-state index is 13.9. The molecule has 6 heterocycles. The van der Waals surface area contributed by atoms with Crippen LogP contribution in [0.25, 0.3) is 21.9 Å². The number of piperidine rings is 2. The van der Waals surface area contributed by atoms with E-state index in [1.807, 2.05) is 13.1 Å². The Labute approximate surface area is 355 Å². The van der Waals surface area contributed by atoms with Gasteiger partial charge in [0.1, 0.15) is 12.2 Å². The van der Waals surface area contributed by atoms with E-state index in [9.17, 15) is 41.2 Å².